The molecule has 1 aromatic rings. The number of nitrogens with one attached hydrogen (secondary N) is 1. The van der Waals surface area contributed by atoms with Gasteiger partial charge in [-0.25, -0.2) is 0 Å². The summed E-state index contributed by atoms with van der Waals surface area (Å²) in [5.41, 5.74) is 2.17. The van der Waals surface area contributed by atoms with Crippen molar-refractivity contribution in [3.05, 3.63) is 29.3 Å². The molecule has 0 bridgehead atoms. The van der Waals surface area contributed by atoms with Crippen LogP contribution in [0.5, 0.6) is 5.75 Å². The topological polar surface area (TPSA) is 49.3 Å². The summed E-state index contributed by atoms with van der Waals surface area (Å²) in [6.45, 7) is 0.724. The summed E-state index contributed by atoms with van der Waals surface area (Å²) in [5.74, 6) is 0.509. The average molecular weight is 203 g/mol. The van der Waals surface area contributed by atoms with Crippen molar-refractivity contribution in [2.24, 2.45) is 0 Å². The number of phenols is 1. The first-order valence-corrected chi connectivity index (χ1v) is 5.29. The predicted molar refractivity (Wildman–Crippen MR) is 55.7 cm³/mol. The number of phenolic OH excluding ortho intramolecular Hbond substituents is 1. The molecule has 1 aliphatic carbocycles. The fourth-order valence-corrected chi connectivity index (χ4v) is 2.90. The number of amides is 1. The zero-order valence-electron chi connectivity index (χ0n) is 8.42. The molecule has 2 aliphatic rings. The molecule has 1 amide bonds. The molecule has 3 nitrogen and oxygen atoms in total. The van der Waals surface area contributed by atoms with Crippen LogP contribution in [-0.4, -0.2) is 17.6 Å². The lowest BCUT2D eigenvalue weighted by atomic mass is 9.81. The molecule has 1 spiro atoms. The first kappa shape index (κ1) is 8.77. The maximum Gasteiger partial charge on any atom is 0.220 e. The summed E-state index contributed by atoms with van der Waals surface area (Å²) in [7, 11) is 0. The van der Waals surface area contributed by atoms with E-state index in [1.54, 1.807) is 6.07 Å². The van der Waals surface area contributed by atoms with Gasteiger partial charge >= 0.3 is 0 Å². The lowest BCUT2D eigenvalue weighted by Gasteiger charge is -2.21. The van der Waals surface area contributed by atoms with E-state index >= 15 is 0 Å². The minimum atomic E-state index is -0.0366. The molecule has 1 heterocycles. The largest absolute Gasteiger partial charge is 0.508 e. The van der Waals surface area contributed by atoms with Gasteiger partial charge in [0.2, 0.25) is 5.91 Å². The zero-order valence-corrected chi connectivity index (χ0v) is 8.42. The molecule has 0 aromatic heterocycles. The van der Waals surface area contributed by atoms with Crippen LogP contribution in [0.4, 0.5) is 0 Å². The monoisotopic (exact) mass is 203 g/mol. The van der Waals surface area contributed by atoms with Gasteiger partial charge in [0.1, 0.15) is 5.75 Å². The number of carbonyl (C=O) groups excluding carboxylic acids is 1. The van der Waals surface area contributed by atoms with E-state index in [0.717, 1.165) is 24.9 Å². The lowest BCUT2D eigenvalue weighted by molar-refractivity contribution is -0.119. The second kappa shape index (κ2) is 2.75. The van der Waals surface area contributed by atoms with Crippen molar-refractivity contribution in [3.63, 3.8) is 0 Å². The molecule has 2 N–H and O–H groups in total. The summed E-state index contributed by atoms with van der Waals surface area (Å²) < 4.78 is 0. The highest BCUT2D eigenvalue weighted by Gasteiger charge is 2.45. The molecule has 78 valence electrons. The van der Waals surface area contributed by atoms with Crippen molar-refractivity contribution in [2.75, 3.05) is 6.54 Å². The number of hydrogen-bond acceptors (Lipinski definition) is 2. The molecule has 0 saturated carbocycles. The van der Waals surface area contributed by atoms with Gasteiger partial charge in [-0.3, -0.25) is 4.79 Å². The van der Waals surface area contributed by atoms with Crippen molar-refractivity contribution >= 4 is 5.91 Å². The van der Waals surface area contributed by atoms with Gasteiger partial charge < -0.3 is 10.4 Å². The first-order valence-electron chi connectivity index (χ1n) is 5.29. The Labute approximate surface area is 88.1 Å². The second-order valence-electron chi connectivity index (χ2n) is 4.54. The minimum Gasteiger partial charge on any atom is -0.508 e. The Morgan fingerprint density at radius 1 is 1.40 bits per heavy atom. The Bertz CT molecular complexity index is 441. The van der Waals surface area contributed by atoms with Gasteiger partial charge in [-0.2, -0.15) is 0 Å². The summed E-state index contributed by atoms with van der Waals surface area (Å²) in [6, 6.07) is 5.63. The van der Waals surface area contributed by atoms with Crippen LogP contribution < -0.4 is 5.32 Å². The van der Waals surface area contributed by atoms with Crippen LogP contribution in [0.15, 0.2) is 18.2 Å². The fourth-order valence-electron chi connectivity index (χ4n) is 2.90. The van der Waals surface area contributed by atoms with Gasteiger partial charge in [0.25, 0.3) is 0 Å². The van der Waals surface area contributed by atoms with Crippen LogP contribution in [0.25, 0.3) is 0 Å². The van der Waals surface area contributed by atoms with E-state index in [9.17, 15) is 9.90 Å². The highest BCUT2D eigenvalue weighted by Crippen LogP contribution is 2.45. The van der Waals surface area contributed by atoms with Crippen LogP contribution in [-0.2, 0) is 16.6 Å². The molecule has 1 fully saturated rings. The molecule has 3 heteroatoms. The molecule has 1 saturated heterocycles. The molecular weight excluding hydrogens is 190 g/mol. The Kier molecular flexibility index (Phi) is 1.61. The van der Waals surface area contributed by atoms with Crippen LogP contribution in [0.2, 0.25) is 0 Å². The van der Waals surface area contributed by atoms with E-state index in [1.807, 2.05) is 12.1 Å². The first-order chi connectivity index (χ1) is 7.21. The predicted octanol–water partition coefficient (Wildman–Crippen LogP) is 1.10. The summed E-state index contributed by atoms with van der Waals surface area (Å²) in [4.78, 5) is 11.3. The zero-order chi connectivity index (χ0) is 10.5. The van der Waals surface area contributed by atoms with Gasteiger partial charge in [0.15, 0.2) is 0 Å². The molecule has 1 aliphatic heterocycles. The molecule has 3 rings (SSSR count). The van der Waals surface area contributed by atoms with Gasteiger partial charge in [0, 0.05) is 18.4 Å². The molecular formula is C12H13NO2. The third-order valence-corrected chi connectivity index (χ3v) is 3.70. The van der Waals surface area contributed by atoms with Crippen molar-refractivity contribution in [1.82, 2.24) is 5.32 Å². The van der Waals surface area contributed by atoms with Gasteiger partial charge in [-0.05, 0) is 30.0 Å². The Balaban J connectivity index is 2.12. The normalized spacial score (nSPS) is 28.1. The van der Waals surface area contributed by atoms with E-state index in [-0.39, 0.29) is 11.3 Å². The maximum absolute atomic E-state index is 11.3. The van der Waals surface area contributed by atoms with Crippen LogP contribution in [0, 0.1) is 0 Å². The van der Waals surface area contributed by atoms with Crippen molar-refractivity contribution in [3.8, 4) is 5.75 Å². The fraction of sp³-hybridized carbons (Fsp3) is 0.417. The van der Waals surface area contributed by atoms with E-state index in [0.29, 0.717) is 12.2 Å². The van der Waals surface area contributed by atoms with Crippen LogP contribution in [0.3, 0.4) is 0 Å². The SMILES string of the molecule is O=C1CC2(CCc3c(O)cccc32)CN1. The van der Waals surface area contributed by atoms with E-state index in [4.69, 9.17) is 0 Å². The Hall–Kier alpha value is -1.51. The standard InChI is InChI=1S/C12H13NO2/c14-10-3-1-2-9-8(10)4-5-12(9)6-11(15)13-7-12/h1-3,14H,4-7H2,(H,13,15). The minimum absolute atomic E-state index is 0.0366. The molecule has 15 heavy (non-hydrogen) atoms. The third-order valence-electron chi connectivity index (χ3n) is 3.70. The van der Waals surface area contributed by atoms with Crippen molar-refractivity contribution in [1.29, 1.82) is 0 Å². The van der Waals surface area contributed by atoms with E-state index in [1.165, 1.54) is 5.56 Å². The molecule has 1 atom stereocenters. The molecule has 1 aromatic carbocycles. The smallest absolute Gasteiger partial charge is 0.220 e. The Morgan fingerprint density at radius 3 is 3.00 bits per heavy atom. The maximum atomic E-state index is 11.3. The number of benzene rings is 1. The van der Waals surface area contributed by atoms with Crippen molar-refractivity contribution < 1.29 is 9.90 Å². The van der Waals surface area contributed by atoms with Gasteiger partial charge in [-0.1, -0.05) is 12.1 Å². The Morgan fingerprint density at radius 2 is 2.27 bits per heavy atom. The number of aromatic hydroxyl groups is 1. The average Bonchev–Trinajstić information content (AvgIpc) is 2.75. The summed E-state index contributed by atoms with van der Waals surface area (Å²) in [6.07, 6.45) is 2.43. The number of hydrogen-bond donors (Lipinski definition) is 2. The van der Waals surface area contributed by atoms with E-state index < -0.39 is 0 Å². The van der Waals surface area contributed by atoms with Crippen LogP contribution >= 0.6 is 0 Å². The second-order valence-corrected chi connectivity index (χ2v) is 4.54. The quantitative estimate of drug-likeness (QED) is 0.663. The third kappa shape index (κ3) is 1.09. The highest BCUT2D eigenvalue weighted by molar-refractivity contribution is 5.81. The summed E-state index contributed by atoms with van der Waals surface area (Å²) in [5, 5.41) is 12.6. The summed E-state index contributed by atoms with van der Waals surface area (Å²) >= 11 is 0. The van der Waals surface area contributed by atoms with Gasteiger partial charge in [0.05, 0.1) is 0 Å². The van der Waals surface area contributed by atoms with Gasteiger partial charge in [-0.15, -0.1) is 0 Å². The number of fused-ring (bicyclic) bond motifs is 2. The lowest BCUT2D eigenvalue weighted by Crippen LogP contribution is -2.25. The number of carbonyl (C=O) groups is 1. The van der Waals surface area contributed by atoms with Crippen LogP contribution in [0.1, 0.15) is 24.0 Å². The molecule has 0 radical (unpaired) electrons. The van der Waals surface area contributed by atoms with Crippen molar-refractivity contribution in [2.45, 2.75) is 24.7 Å². The van der Waals surface area contributed by atoms with E-state index in [2.05, 4.69) is 5.32 Å². The molecule has 1 unspecified atom stereocenters. The highest BCUT2D eigenvalue weighted by atomic mass is 16.3. The number of rotatable bonds is 0.